The maximum absolute atomic E-state index is 12.2. The predicted octanol–water partition coefficient (Wildman–Crippen LogP) is 0.528. The lowest BCUT2D eigenvalue weighted by Gasteiger charge is -2.34. The molecule has 0 aliphatic carbocycles. The van der Waals surface area contributed by atoms with E-state index in [2.05, 4.69) is 16.5 Å². The smallest absolute Gasteiger partial charge is 0.240 e. The Balaban J connectivity index is 1.81. The molecule has 1 aromatic carbocycles. The van der Waals surface area contributed by atoms with E-state index in [0.717, 1.165) is 19.6 Å². The highest BCUT2D eigenvalue weighted by molar-refractivity contribution is 7.89. The Labute approximate surface area is 143 Å². The molecule has 7 nitrogen and oxygen atoms in total. The second kappa shape index (κ2) is 8.46. The Bertz CT molecular complexity index is 638. The van der Waals surface area contributed by atoms with Gasteiger partial charge in [0, 0.05) is 39.1 Å². The van der Waals surface area contributed by atoms with Crippen LogP contribution in [-0.2, 0) is 14.8 Å². The van der Waals surface area contributed by atoms with Crippen LogP contribution in [0.15, 0.2) is 29.2 Å². The fourth-order valence-corrected chi connectivity index (χ4v) is 3.63. The minimum atomic E-state index is -3.61. The molecule has 2 rings (SSSR count). The molecule has 134 valence electrons. The maximum Gasteiger partial charge on any atom is 0.240 e. The summed E-state index contributed by atoms with van der Waals surface area (Å²) in [5, 5.41) is 0. The van der Waals surface area contributed by atoms with E-state index in [-0.39, 0.29) is 23.8 Å². The van der Waals surface area contributed by atoms with Crippen molar-refractivity contribution >= 4 is 15.9 Å². The number of methoxy groups -OCH3 is 1. The van der Waals surface area contributed by atoms with E-state index in [1.807, 2.05) is 0 Å². The van der Waals surface area contributed by atoms with Crippen molar-refractivity contribution in [1.29, 1.82) is 0 Å². The molecule has 1 aliphatic rings. The van der Waals surface area contributed by atoms with E-state index in [4.69, 9.17) is 4.74 Å². The minimum Gasteiger partial charge on any atom is -0.497 e. The fourth-order valence-electron chi connectivity index (χ4n) is 2.60. The quantitative estimate of drug-likeness (QED) is 0.772. The second-order valence-electron chi connectivity index (χ2n) is 5.64. The van der Waals surface area contributed by atoms with Crippen molar-refractivity contribution in [2.24, 2.45) is 0 Å². The monoisotopic (exact) mass is 355 g/mol. The van der Waals surface area contributed by atoms with E-state index < -0.39 is 10.0 Å². The number of likely N-dealkylation sites (N-methyl/N-ethyl adjacent to an activating group) is 1. The third-order valence-electron chi connectivity index (χ3n) is 4.17. The molecule has 0 saturated carbocycles. The van der Waals surface area contributed by atoms with Gasteiger partial charge in [-0.05, 0) is 30.8 Å². The van der Waals surface area contributed by atoms with Gasteiger partial charge in [0.15, 0.2) is 0 Å². The van der Waals surface area contributed by atoms with Gasteiger partial charge < -0.3 is 14.5 Å². The van der Waals surface area contributed by atoms with Gasteiger partial charge in [-0.25, -0.2) is 13.1 Å². The number of piperazine rings is 1. The zero-order valence-electron chi connectivity index (χ0n) is 14.2. The van der Waals surface area contributed by atoms with Gasteiger partial charge in [0.2, 0.25) is 15.9 Å². The van der Waals surface area contributed by atoms with Crippen molar-refractivity contribution in [1.82, 2.24) is 14.5 Å². The molecule has 0 spiro atoms. The summed E-state index contributed by atoms with van der Waals surface area (Å²) < 4.78 is 31.9. The van der Waals surface area contributed by atoms with Crippen LogP contribution in [0, 0.1) is 0 Å². The number of ether oxygens (including phenoxy) is 1. The summed E-state index contributed by atoms with van der Waals surface area (Å²) in [6.07, 6.45) is 0.168. The fraction of sp³-hybridized carbons (Fsp3) is 0.562. The van der Waals surface area contributed by atoms with E-state index in [1.165, 1.54) is 19.2 Å². The maximum atomic E-state index is 12.2. The van der Waals surface area contributed by atoms with Crippen molar-refractivity contribution in [3.8, 4) is 5.75 Å². The molecule has 0 unspecified atom stereocenters. The van der Waals surface area contributed by atoms with Crippen LogP contribution in [0.25, 0.3) is 0 Å². The molecule has 0 bridgehead atoms. The first-order valence-corrected chi connectivity index (χ1v) is 9.58. The number of nitrogens with zero attached hydrogens (tertiary/aromatic N) is 2. The summed E-state index contributed by atoms with van der Waals surface area (Å²) in [5.74, 6) is 0.582. The number of rotatable bonds is 7. The highest BCUT2D eigenvalue weighted by Crippen LogP contribution is 2.15. The molecule has 0 aromatic heterocycles. The van der Waals surface area contributed by atoms with Crippen molar-refractivity contribution < 1.29 is 17.9 Å². The van der Waals surface area contributed by atoms with Gasteiger partial charge in [-0.3, -0.25) is 4.79 Å². The van der Waals surface area contributed by atoms with Gasteiger partial charge in [0.25, 0.3) is 0 Å². The standard InChI is InChI=1S/C16H25N3O4S/c1-3-18-10-12-19(13-11-18)16(20)8-9-17-24(21,22)15-6-4-14(23-2)5-7-15/h4-7,17H,3,8-13H2,1-2H3. The van der Waals surface area contributed by atoms with Crippen molar-refractivity contribution in [3.05, 3.63) is 24.3 Å². The summed E-state index contributed by atoms with van der Waals surface area (Å²) in [6.45, 7) is 6.35. The van der Waals surface area contributed by atoms with Gasteiger partial charge in [-0.1, -0.05) is 6.92 Å². The normalized spacial score (nSPS) is 16.2. The Morgan fingerprint density at radius 2 is 1.79 bits per heavy atom. The molecule has 1 fully saturated rings. The minimum absolute atomic E-state index is 0.0109. The van der Waals surface area contributed by atoms with Crippen LogP contribution in [0.2, 0.25) is 0 Å². The first-order chi connectivity index (χ1) is 11.5. The zero-order valence-corrected chi connectivity index (χ0v) is 15.0. The number of hydrogen-bond acceptors (Lipinski definition) is 5. The summed E-state index contributed by atoms with van der Waals surface area (Å²) in [6, 6.07) is 6.14. The number of nitrogens with one attached hydrogen (secondary N) is 1. The van der Waals surface area contributed by atoms with E-state index in [1.54, 1.807) is 17.0 Å². The largest absolute Gasteiger partial charge is 0.497 e. The number of hydrogen-bond donors (Lipinski definition) is 1. The van der Waals surface area contributed by atoms with Crippen molar-refractivity contribution in [2.75, 3.05) is 46.4 Å². The Morgan fingerprint density at radius 3 is 2.33 bits per heavy atom. The molecule has 0 atom stereocenters. The summed E-state index contributed by atoms with van der Waals surface area (Å²) >= 11 is 0. The lowest BCUT2D eigenvalue weighted by atomic mass is 10.3. The van der Waals surface area contributed by atoms with Gasteiger partial charge in [0.1, 0.15) is 5.75 Å². The van der Waals surface area contributed by atoms with Crippen LogP contribution in [0.4, 0.5) is 0 Å². The molecule has 1 aliphatic heterocycles. The molecule has 1 aromatic rings. The molecule has 1 saturated heterocycles. The number of carbonyl (C=O) groups is 1. The zero-order chi connectivity index (χ0) is 17.6. The number of sulfonamides is 1. The first kappa shape index (κ1) is 18.7. The van der Waals surface area contributed by atoms with Gasteiger partial charge >= 0.3 is 0 Å². The molecule has 8 heteroatoms. The van der Waals surface area contributed by atoms with Gasteiger partial charge in [-0.15, -0.1) is 0 Å². The predicted molar refractivity (Wildman–Crippen MR) is 91.5 cm³/mol. The molecule has 1 amide bonds. The van der Waals surface area contributed by atoms with Gasteiger partial charge in [-0.2, -0.15) is 0 Å². The molecule has 0 radical (unpaired) electrons. The third kappa shape index (κ3) is 4.93. The van der Waals surface area contributed by atoms with Crippen LogP contribution < -0.4 is 9.46 Å². The topological polar surface area (TPSA) is 79.0 Å². The summed E-state index contributed by atoms with van der Waals surface area (Å²) in [4.78, 5) is 16.4. The van der Waals surface area contributed by atoms with Crippen molar-refractivity contribution in [2.45, 2.75) is 18.2 Å². The summed E-state index contributed by atoms with van der Waals surface area (Å²) in [5.41, 5.74) is 0. The third-order valence-corrected chi connectivity index (χ3v) is 5.65. The highest BCUT2D eigenvalue weighted by Gasteiger charge is 2.20. The van der Waals surface area contributed by atoms with Gasteiger partial charge in [0.05, 0.1) is 12.0 Å². The van der Waals surface area contributed by atoms with Crippen LogP contribution in [0.3, 0.4) is 0 Å². The van der Waals surface area contributed by atoms with Crippen LogP contribution in [0.1, 0.15) is 13.3 Å². The van der Waals surface area contributed by atoms with Crippen LogP contribution in [-0.4, -0.2) is 70.5 Å². The van der Waals surface area contributed by atoms with Crippen molar-refractivity contribution in [3.63, 3.8) is 0 Å². The molecule has 24 heavy (non-hydrogen) atoms. The molecular weight excluding hydrogens is 330 g/mol. The molecular formula is C16H25N3O4S. The Kier molecular flexibility index (Phi) is 6.59. The lowest BCUT2D eigenvalue weighted by molar-refractivity contribution is -0.132. The van der Waals surface area contributed by atoms with Crippen LogP contribution in [0.5, 0.6) is 5.75 Å². The number of amides is 1. The SMILES string of the molecule is CCN1CCN(C(=O)CCNS(=O)(=O)c2ccc(OC)cc2)CC1. The summed E-state index contributed by atoms with van der Waals surface area (Å²) in [7, 11) is -2.09. The highest BCUT2D eigenvalue weighted by atomic mass is 32.2. The Hall–Kier alpha value is -1.64. The van der Waals surface area contributed by atoms with E-state index in [0.29, 0.717) is 18.8 Å². The molecule has 1 N–H and O–H groups in total. The number of benzene rings is 1. The van der Waals surface area contributed by atoms with Crippen LogP contribution >= 0.6 is 0 Å². The Morgan fingerprint density at radius 1 is 1.17 bits per heavy atom. The average molecular weight is 355 g/mol. The number of carbonyl (C=O) groups excluding carboxylic acids is 1. The average Bonchev–Trinajstić information content (AvgIpc) is 2.61. The molecule has 1 heterocycles. The second-order valence-corrected chi connectivity index (χ2v) is 7.41. The van der Waals surface area contributed by atoms with E-state index >= 15 is 0 Å². The lowest BCUT2D eigenvalue weighted by Crippen LogP contribution is -2.49. The first-order valence-electron chi connectivity index (χ1n) is 8.10. The van der Waals surface area contributed by atoms with E-state index in [9.17, 15) is 13.2 Å².